The molecule has 1 unspecified atom stereocenters. The summed E-state index contributed by atoms with van der Waals surface area (Å²) in [5.41, 5.74) is 5.75. The quantitative estimate of drug-likeness (QED) is 0.853. The van der Waals surface area contributed by atoms with Crippen molar-refractivity contribution in [2.45, 2.75) is 25.2 Å². The Morgan fingerprint density at radius 2 is 2.24 bits per heavy atom. The number of ether oxygens (including phenoxy) is 2. The lowest BCUT2D eigenvalue weighted by atomic mass is 10.1. The molecule has 2 fully saturated rings. The van der Waals surface area contributed by atoms with Gasteiger partial charge in [0.25, 0.3) is 0 Å². The molecule has 1 saturated heterocycles. The maximum Gasteiger partial charge on any atom is 0.218 e. The molecule has 3 rings (SSSR count). The summed E-state index contributed by atoms with van der Waals surface area (Å²) in [6.07, 6.45) is 3.40. The second kappa shape index (κ2) is 4.49. The van der Waals surface area contributed by atoms with Gasteiger partial charge in [-0.25, -0.2) is 4.98 Å². The van der Waals surface area contributed by atoms with Crippen LogP contribution in [0.1, 0.15) is 31.0 Å². The van der Waals surface area contributed by atoms with Crippen LogP contribution in [-0.2, 0) is 4.74 Å². The molecule has 1 aliphatic heterocycles. The van der Waals surface area contributed by atoms with E-state index in [2.05, 4.69) is 9.97 Å². The van der Waals surface area contributed by atoms with Crippen LogP contribution in [0, 0.1) is 5.92 Å². The Bertz CT molecular complexity index is 401. The van der Waals surface area contributed by atoms with Gasteiger partial charge >= 0.3 is 0 Å². The third kappa shape index (κ3) is 2.66. The second-order valence-corrected chi connectivity index (χ2v) is 4.80. The first kappa shape index (κ1) is 10.8. The van der Waals surface area contributed by atoms with Crippen LogP contribution in [0.2, 0.25) is 0 Å². The highest BCUT2D eigenvalue weighted by Gasteiger charge is 2.27. The number of nitrogens with zero attached hydrogens (tertiary/aromatic N) is 2. The van der Waals surface area contributed by atoms with Crippen molar-refractivity contribution in [2.24, 2.45) is 5.92 Å². The van der Waals surface area contributed by atoms with Gasteiger partial charge in [0.1, 0.15) is 11.6 Å². The van der Waals surface area contributed by atoms with Gasteiger partial charge in [-0.2, -0.15) is 4.98 Å². The first-order valence-electron chi connectivity index (χ1n) is 6.16. The molecule has 2 N–H and O–H groups in total. The van der Waals surface area contributed by atoms with Crippen LogP contribution < -0.4 is 10.5 Å². The molecule has 1 aromatic heterocycles. The second-order valence-electron chi connectivity index (χ2n) is 4.80. The van der Waals surface area contributed by atoms with Crippen LogP contribution in [0.4, 0.5) is 5.82 Å². The summed E-state index contributed by atoms with van der Waals surface area (Å²) in [5.74, 6) is 2.92. The van der Waals surface area contributed by atoms with Gasteiger partial charge in [-0.3, -0.25) is 0 Å². The Labute approximate surface area is 100 Å². The molecule has 2 heterocycles. The minimum atomic E-state index is 0.482. The zero-order valence-electron chi connectivity index (χ0n) is 9.76. The summed E-state index contributed by atoms with van der Waals surface area (Å²) >= 11 is 0. The van der Waals surface area contributed by atoms with Crippen LogP contribution in [0.3, 0.4) is 0 Å². The molecule has 0 aromatic carbocycles. The molecule has 1 aliphatic carbocycles. The number of nitrogens with two attached hydrogens (primary N) is 1. The molecule has 0 bridgehead atoms. The summed E-state index contributed by atoms with van der Waals surface area (Å²) in [4.78, 5) is 8.64. The first-order chi connectivity index (χ1) is 8.31. The fourth-order valence-corrected chi connectivity index (χ4v) is 1.98. The van der Waals surface area contributed by atoms with Crippen molar-refractivity contribution in [3.8, 4) is 5.88 Å². The van der Waals surface area contributed by atoms with Crippen molar-refractivity contribution in [2.75, 3.05) is 25.6 Å². The summed E-state index contributed by atoms with van der Waals surface area (Å²) in [5, 5.41) is 0. The number of hydrogen-bond acceptors (Lipinski definition) is 5. The van der Waals surface area contributed by atoms with E-state index in [1.54, 1.807) is 6.07 Å². The third-order valence-corrected chi connectivity index (χ3v) is 3.17. The number of aromatic nitrogens is 2. The average molecular weight is 235 g/mol. The summed E-state index contributed by atoms with van der Waals surface area (Å²) in [6.45, 7) is 2.28. The molecular weight excluding hydrogens is 218 g/mol. The van der Waals surface area contributed by atoms with E-state index in [1.165, 1.54) is 12.8 Å². The smallest absolute Gasteiger partial charge is 0.218 e. The van der Waals surface area contributed by atoms with E-state index in [9.17, 15) is 0 Å². The Morgan fingerprint density at radius 3 is 2.94 bits per heavy atom. The molecule has 5 nitrogen and oxygen atoms in total. The lowest BCUT2D eigenvalue weighted by Crippen LogP contribution is -2.13. The predicted molar refractivity (Wildman–Crippen MR) is 62.8 cm³/mol. The minimum absolute atomic E-state index is 0.482. The largest absolute Gasteiger partial charge is 0.477 e. The van der Waals surface area contributed by atoms with E-state index in [1.807, 2.05) is 0 Å². The Kier molecular flexibility index (Phi) is 2.84. The molecule has 0 spiro atoms. The van der Waals surface area contributed by atoms with E-state index in [0.29, 0.717) is 30.1 Å². The first-order valence-corrected chi connectivity index (χ1v) is 6.16. The van der Waals surface area contributed by atoms with Gasteiger partial charge in [0.2, 0.25) is 5.88 Å². The van der Waals surface area contributed by atoms with Gasteiger partial charge in [0.15, 0.2) is 0 Å². The van der Waals surface area contributed by atoms with Crippen LogP contribution in [-0.4, -0.2) is 29.8 Å². The molecule has 1 aromatic rings. The van der Waals surface area contributed by atoms with Gasteiger partial charge < -0.3 is 15.2 Å². The lowest BCUT2D eigenvalue weighted by Gasteiger charge is -2.10. The van der Waals surface area contributed by atoms with Crippen LogP contribution in [0.25, 0.3) is 0 Å². The van der Waals surface area contributed by atoms with Crippen molar-refractivity contribution < 1.29 is 9.47 Å². The summed E-state index contributed by atoms with van der Waals surface area (Å²) in [6, 6.07) is 1.70. The fourth-order valence-electron chi connectivity index (χ4n) is 1.98. The normalized spacial score (nSPS) is 23.9. The number of rotatable bonds is 4. The average Bonchev–Trinajstić information content (AvgIpc) is 3.04. The Balaban J connectivity index is 1.64. The van der Waals surface area contributed by atoms with Gasteiger partial charge in [-0.15, -0.1) is 0 Å². The lowest BCUT2D eigenvalue weighted by molar-refractivity contribution is 0.165. The highest BCUT2D eigenvalue weighted by atomic mass is 16.5. The Hall–Kier alpha value is -1.36. The molecule has 0 radical (unpaired) electrons. The SMILES string of the molecule is Nc1cc(OCC2CCOC2)nc(C2CC2)n1. The van der Waals surface area contributed by atoms with Gasteiger partial charge in [0, 0.05) is 24.5 Å². The molecule has 5 heteroatoms. The van der Waals surface area contributed by atoms with E-state index < -0.39 is 0 Å². The maximum absolute atomic E-state index is 5.75. The molecule has 2 aliphatic rings. The predicted octanol–water partition coefficient (Wildman–Crippen LogP) is 1.35. The fraction of sp³-hybridized carbons (Fsp3) is 0.667. The molecule has 0 amide bonds. The van der Waals surface area contributed by atoms with Crippen LogP contribution in [0.15, 0.2) is 6.07 Å². The van der Waals surface area contributed by atoms with Gasteiger partial charge in [0.05, 0.1) is 13.2 Å². The Morgan fingerprint density at radius 1 is 1.35 bits per heavy atom. The molecule has 1 atom stereocenters. The van der Waals surface area contributed by atoms with Crippen molar-refractivity contribution >= 4 is 5.82 Å². The maximum atomic E-state index is 5.75. The topological polar surface area (TPSA) is 70.3 Å². The van der Waals surface area contributed by atoms with E-state index in [-0.39, 0.29) is 0 Å². The molecule has 92 valence electrons. The number of nitrogen functional groups attached to an aromatic ring is 1. The van der Waals surface area contributed by atoms with E-state index >= 15 is 0 Å². The van der Waals surface area contributed by atoms with Crippen molar-refractivity contribution in [3.63, 3.8) is 0 Å². The zero-order valence-corrected chi connectivity index (χ0v) is 9.76. The highest BCUT2D eigenvalue weighted by Crippen LogP contribution is 2.38. The molecular formula is C12H17N3O2. The summed E-state index contributed by atoms with van der Waals surface area (Å²) < 4.78 is 11.0. The number of hydrogen-bond donors (Lipinski definition) is 1. The van der Waals surface area contributed by atoms with Gasteiger partial charge in [-0.05, 0) is 19.3 Å². The van der Waals surface area contributed by atoms with Crippen molar-refractivity contribution in [1.29, 1.82) is 0 Å². The molecule has 17 heavy (non-hydrogen) atoms. The molecule has 1 saturated carbocycles. The standard InChI is InChI=1S/C12H17N3O2/c13-10-5-11(15-12(14-10)9-1-2-9)17-7-8-3-4-16-6-8/h5,8-9H,1-4,6-7H2,(H2,13,14,15). The van der Waals surface area contributed by atoms with E-state index in [4.69, 9.17) is 15.2 Å². The van der Waals surface area contributed by atoms with Crippen LogP contribution >= 0.6 is 0 Å². The third-order valence-electron chi connectivity index (χ3n) is 3.17. The van der Waals surface area contributed by atoms with Crippen LogP contribution in [0.5, 0.6) is 5.88 Å². The highest BCUT2D eigenvalue weighted by molar-refractivity contribution is 5.34. The summed E-state index contributed by atoms with van der Waals surface area (Å²) in [7, 11) is 0. The monoisotopic (exact) mass is 235 g/mol. The zero-order chi connectivity index (χ0) is 11.7. The van der Waals surface area contributed by atoms with Crippen molar-refractivity contribution in [3.05, 3.63) is 11.9 Å². The van der Waals surface area contributed by atoms with Gasteiger partial charge in [-0.1, -0.05) is 0 Å². The minimum Gasteiger partial charge on any atom is -0.477 e. The van der Waals surface area contributed by atoms with E-state index in [0.717, 1.165) is 25.5 Å². The number of anilines is 1. The van der Waals surface area contributed by atoms with Crippen molar-refractivity contribution in [1.82, 2.24) is 9.97 Å².